The van der Waals surface area contributed by atoms with Gasteiger partial charge in [0.05, 0.1) is 5.52 Å². The van der Waals surface area contributed by atoms with Crippen LogP contribution in [0.2, 0.25) is 0 Å². The van der Waals surface area contributed by atoms with E-state index in [2.05, 4.69) is 0 Å². The van der Waals surface area contributed by atoms with Crippen LogP contribution in [0.3, 0.4) is 0 Å². The van der Waals surface area contributed by atoms with E-state index in [9.17, 15) is 9.28 Å². The molecule has 3 nitrogen and oxygen atoms in total. The molecule has 0 spiro atoms. The summed E-state index contributed by atoms with van der Waals surface area (Å²) in [5.41, 5.74) is 0.330. The number of hydrogen-bond acceptors (Lipinski definition) is 2. The highest BCUT2D eigenvalue weighted by Crippen LogP contribution is 2.11. The molecule has 2 rings (SSSR count). The van der Waals surface area contributed by atoms with Crippen molar-refractivity contribution in [3.05, 3.63) is 46.2 Å². The van der Waals surface area contributed by atoms with Crippen molar-refractivity contribution in [3.8, 4) is 0 Å². The highest BCUT2D eigenvalue weighted by molar-refractivity contribution is 5.79. The van der Waals surface area contributed by atoms with Crippen LogP contribution >= 0.6 is 0 Å². The van der Waals surface area contributed by atoms with E-state index in [1.54, 1.807) is 24.3 Å². The molecule has 0 saturated heterocycles. The zero-order valence-electron chi connectivity index (χ0n) is 7.98. The van der Waals surface area contributed by atoms with Crippen LogP contribution < -0.4 is 5.43 Å². The second-order valence-electron chi connectivity index (χ2n) is 3.29. The van der Waals surface area contributed by atoms with Crippen molar-refractivity contribution < 1.29 is 9.59 Å². The predicted octanol–water partition coefficient (Wildman–Crippen LogP) is 1.27. The van der Waals surface area contributed by atoms with E-state index < -0.39 is 0 Å². The summed E-state index contributed by atoms with van der Waals surface area (Å²) < 4.78 is 13.4. The maximum absolute atomic E-state index is 13.4. The second kappa shape index (κ2) is 3.82. The molecule has 0 radical (unpaired) electrons. The number of halogens is 1. The Kier molecular flexibility index (Phi) is 2.51. The Morgan fingerprint density at radius 2 is 2.07 bits per heavy atom. The molecule has 4 heteroatoms. The van der Waals surface area contributed by atoms with Gasteiger partial charge in [-0.05, 0) is 12.1 Å². The molecule has 0 aliphatic carbocycles. The molecule has 78 valence electrons. The van der Waals surface area contributed by atoms with Crippen molar-refractivity contribution in [2.24, 2.45) is 0 Å². The van der Waals surface area contributed by atoms with Crippen molar-refractivity contribution in [2.45, 2.75) is 6.42 Å². The van der Waals surface area contributed by atoms with Crippen LogP contribution in [0.5, 0.6) is 0 Å². The Morgan fingerprint density at radius 3 is 2.80 bits per heavy atom. The molecule has 0 amide bonds. The van der Waals surface area contributed by atoms with Gasteiger partial charge in [0.1, 0.15) is 0 Å². The van der Waals surface area contributed by atoms with E-state index in [1.807, 2.05) is 0 Å². The quantitative estimate of drug-likeness (QED) is 0.805. The number of benzene rings is 1. The third kappa shape index (κ3) is 1.64. The van der Waals surface area contributed by atoms with Crippen molar-refractivity contribution >= 4 is 10.9 Å². The lowest BCUT2D eigenvalue weighted by Gasteiger charge is -2.04. The molecule has 2 aromatic rings. The minimum Gasteiger partial charge on any atom is -0.396 e. The van der Waals surface area contributed by atoms with Gasteiger partial charge in [0.15, 0.2) is 5.43 Å². The number of aliphatic hydroxyl groups is 1. The van der Waals surface area contributed by atoms with Crippen LogP contribution in [-0.4, -0.2) is 16.5 Å². The average molecular weight is 207 g/mol. The molecule has 0 aliphatic heterocycles. The number of rotatable bonds is 2. The zero-order chi connectivity index (χ0) is 10.8. The first-order valence-electron chi connectivity index (χ1n) is 4.64. The fourth-order valence-electron chi connectivity index (χ4n) is 1.59. The van der Waals surface area contributed by atoms with Gasteiger partial charge in [0.25, 0.3) is 0 Å². The second-order valence-corrected chi connectivity index (χ2v) is 3.29. The van der Waals surface area contributed by atoms with Crippen LogP contribution in [0, 0.1) is 0 Å². The number of aliphatic hydroxyl groups excluding tert-OH is 1. The molecule has 1 heterocycles. The minimum absolute atomic E-state index is 0.159. The van der Waals surface area contributed by atoms with E-state index in [0.29, 0.717) is 15.7 Å². The fourth-order valence-corrected chi connectivity index (χ4v) is 1.59. The first-order chi connectivity index (χ1) is 7.24. The number of aromatic nitrogens is 1. The van der Waals surface area contributed by atoms with E-state index >= 15 is 0 Å². The minimum atomic E-state index is -0.214. The van der Waals surface area contributed by atoms with Crippen LogP contribution in [-0.2, 0) is 6.42 Å². The molecular weight excluding hydrogens is 197 g/mol. The Bertz CT molecular complexity index is 548. The molecule has 0 atom stereocenters. The lowest BCUT2D eigenvalue weighted by molar-refractivity contribution is 0.298. The zero-order valence-corrected chi connectivity index (χ0v) is 7.98. The number of para-hydroxylation sites is 1. The van der Waals surface area contributed by atoms with Gasteiger partial charge in [-0.3, -0.25) is 4.79 Å². The summed E-state index contributed by atoms with van der Waals surface area (Å²) in [5.74, 6) is 0. The molecular formula is C11H10FNO2. The largest absolute Gasteiger partial charge is 0.396 e. The first kappa shape index (κ1) is 9.86. The van der Waals surface area contributed by atoms with Gasteiger partial charge < -0.3 is 5.11 Å². The Balaban J connectivity index is 2.79. The smallest absolute Gasteiger partial charge is 0.192 e. The lowest BCUT2D eigenvalue weighted by Crippen LogP contribution is -2.13. The summed E-state index contributed by atoms with van der Waals surface area (Å²) in [6, 6.07) is 6.48. The summed E-state index contributed by atoms with van der Waals surface area (Å²) in [5, 5.41) is 9.08. The normalized spacial score (nSPS) is 10.8. The summed E-state index contributed by atoms with van der Waals surface area (Å²) >= 11 is 0. The summed E-state index contributed by atoms with van der Waals surface area (Å²) in [6.07, 6.45) is 1.30. The van der Waals surface area contributed by atoms with Crippen LogP contribution in [0.25, 0.3) is 10.9 Å². The highest BCUT2D eigenvalue weighted by Gasteiger charge is 2.07. The maximum atomic E-state index is 13.4. The molecule has 1 N–H and O–H groups in total. The van der Waals surface area contributed by atoms with Crippen molar-refractivity contribution in [1.29, 1.82) is 0 Å². The average Bonchev–Trinajstić information content (AvgIpc) is 2.26. The first-order valence-corrected chi connectivity index (χ1v) is 4.64. The number of hydrogen-bond donors (Lipinski definition) is 1. The standard InChI is InChI=1S/C11H10FNO2/c12-13-7-8(5-6-14)11(15)9-3-1-2-4-10(9)13/h1-4,7,14H,5-6H2. The molecule has 15 heavy (non-hydrogen) atoms. The molecule has 0 fully saturated rings. The van der Waals surface area contributed by atoms with Crippen molar-refractivity contribution in [2.75, 3.05) is 6.61 Å². The van der Waals surface area contributed by atoms with Gasteiger partial charge in [0, 0.05) is 30.2 Å². The van der Waals surface area contributed by atoms with E-state index in [-0.39, 0.29) is 24.0 Å². The van der Waals surface area contributed by atoms with E-state index in [1.165, 1.54) is 0 Å². The molecule has 0 bridgehead atoms. The van der Waals surface area contributed by atoms with Gasteiger partial charge in [-0.25, -0.2) is 0 Å². The van der Waals surface area contributed by atoms with Gasteiger partial charge in [-0.1, -0.05) is 16.6 Å². The molecule has 0 aliphatic rings. The summed E-state index contributed by atoms with van der Waals surface area (Å²) in [6.45, 7) is -0.159. The SMILES string of the molecule is O=c1c(CCO)cn(F)c2ccccc12. The highest BCUT2D eigenvalue weighted by atomic mass is 19.2. The maximum Gasteiger partial charge on any atom is 0.192 e. The molecule has 0 unspecified atom stereocenters. The van der Waals surface area contributed by atoms with Crippen molar-refractivity contribution in [1.82, 2.24) is 4.79 Å². The van der Waals surface area contributed by atoms with Gasteiger partial charge >= 0.3 is 0 Å². The fraction of sp³-hybridized carbons (Fsp3) is 0.182. The Labute approximate surface area is 85.3 Å². The number of nitrogens with zero attached hydrogens (tertiary/aromatic N) is 1. The Hall–Kier alpha value is -1.68. The van der Waals surface area contributed by atoms with Gasteiger partial charge in [0.2, 0.25) is 0 Å². The topological polar surface area (TPSA) is 42.2 Å². The lowest BCUT2D eigenvalue weighted by atomic mass is 10.1. The molecule has 1 aromatic carbocycles. The third-order valence-electron chi connectivity index (χ3n) is 2.32. The third-order valence-corrected chi connectivity index (χ3v) is 2.32. The van der Waals surface area contributed by atoms with Gasteiger partial charge in [-0.15, -0.1) is 0 Å². The van der Waals surface area contributed by atoms with Crippen LogP contribution in [0.1, 0.15) is 5.56 Å². The van der Waals surface area contributed by atoms with Crippen molar-refractivity contribution in [3.63, 3.8) is 0 Å². The van der Waals surface area contributed by atoms with Gasteiger partial charge in [-0.2, -0.15) is 4.79 Å². The predicted molar refractivity (Wildman–Crippen MR) is 55.5 cm³/mol. The molecule has 1 aromatic heterocycles. The monoisotopic (exact) mass is 207 g/mol. The van der Waals surface area contributed by atoms with Crippen LogP contribution in [0.15, 0.2) is 35.3 Å². The summed E-state index contributed by atoms with van der Waals surface area (Å²) in [7, 11) is 0. The number of pyridine rings is 1. The molecule has 0 saturated carbocycles. The number of fused-ring (bicyclic) bond motifs is 1. The van der Waals surface area contributed by atoms with E-state index in [4.69, 9.17) is 5.11 Å². The summed E-state index contributed by atoms with van der Waals surface area (Å²) in [4.78, 5) is 12.2. The van der Waals surface area contributed by atoms with E-state index in [0.717, 1.165) is 6.20 Å². The van der Waals surface area contributed by atoms with Crippen LogP contribution in [0.4, 0.5) is 4.48 Å². The Morgan fingerprint density at radius 1 is 1.33 bits per heavy atom.